The van der Waals surface area contributed by atoms with E-state index in [2.05, 4.69) is 10.6 Å². The highest BCUT2D eigenvalue weighted by Crippen LogP contribution is 2.39. The first-order chi connectivity index (χ1) is 11.2. The smallest absolute Gasteiger partial charge is 0.335 e. The van der Waals surface area contributed by atoms with Crippen molar-refractivity contribution in [3.8, 4) is 0 Å². The average molecular weight is 330 g/mol. The zero-order valence-electron chi connectivity index (χ0n) is 12.5. The van der Waals surface area contributed by atoms with E-state index in [9.17, 15) is 9.90 Å². The van der Waals surface area contributed by atoms with Gasteiger partial charge in [-0.3, -0.25) is 0 Å². The van der Waals surface area contributed by atoms with E-state index < -0.39 is 5.97 Å². The van der Waals surface area contributed by atoms with Crippen LogP contribution < -0.4 is 0 Å². The lowest BCUT2D eigenvalue weighted by Gasteiger charge is -2.25. The summed E-state index contributed by atoms with van der Waals surface area (Å²) in [6, 6.07) is 11.7. The molecule has 0 spiro atoms. The number of hydrogen-bond donors (Lipinski definition) is 1. The fraction of sp³-hybridized carbons (Fsp3) is 0.278. The lowest BCUT2D eigenvalue weighted by atomic mass is 10.1. The molecule has 118 valence electrons. The number of carbonyl (C=O) groups is 1. The Morgan fingerprint density at radius 2 is 1.91 bits per heavy atom. The van der Waals surface area contributed by atoms with Crippen molar-refractivity contribution in [1.82, 2.24) is 4.57 Å². The molecule has 2 aromatic carbocycles. The Morgan fingerprint density at radius 1 is 1.17 bits per heavy atom. The van der Waals surface area contributed by atoms with E-state index in [0.29, 0.717) is 11.1 Å². The summed E-state index contributed by atoms with van der Waals surface area (Å²) in [6.45, 7) is 1.45. The highest BCUT2D eigenvalue weighted by atomic mass is 35.5. The molecular weight excluding hydrogens is 314 g/mol. The number of hydrogen-bond acceptors (Lipinski definition) is 2. The van der Waals surface area contributed by atoms with Gasteiger partial charge in [-0.05, 0) is 31.0 Å². The monoisotopic (exact) mass is 329 g/mol. The number of carboxylic acid groups (broad SMARTS) is 1. The average Bonchev–Trinajstić information content (AvgIpc) is 2.90. The van der Waals surface area contributed by atoms with Crippen molar-refractivity contribution in [2.45, 2.75) is 18.9 Å². The lowest BCUT2D eigenvalue weighted by molar-refractivity contribution is 0.0694. The first-order valence-electron chi connectivity index (χ1n) is 7.70. The summed E-state index contributed by atoms with van der Waals surface area (Å²) < 4.78 is 7.72. The second-order valence-electron chi connectivity index (χ2n) is 5.89. The van der Waals surface area contributed by atoms with Crippen LogP contribution >= 0.6 is 11.6 Å². The Hall–Kier alpha value is -2.04. The van der Waals surface area contributed by atoms with Crippen LogP contribution in [-0.4, -0.2) is 28.9 Å². The molecular formula is C18H16ClNO3. The van der Waals surface area contributed by atoms with Gasteiger partial charge in [-0.25, -0.2) is 4.79 Å². The summed E-state index contributed by atoms with van der Waals surface area (Å²) in [4.78, 5) is 11.4. The second kappa shape index (κ2) is 5.55. The minimum atomic E-state index is -0.961. The minimum absolute atomic E-state index is 0.221. The van der Waals surface area contributed by atoms with Crippen LogP contribution in [0.3, 0.4) is 0 Å². The van der Waals surface area contributed by atoms with Crippen molar-refractivity contribution < 1.29 is 14.6 Å². The molecule has 23 heavy (non-hydrogen) atoms. The largest absolute Gasteiger partial charge is 0.478 e. The fourth-order valence-electron chi connectivity index (χ4n) is 3.53. The third kappa shape index (κ3) is 2.30. The predicted octanol–water partition coefficient (Wildman–Crippen LogP) is 4.50. The Morgan fingerprint density at radius 3 is 2.65 bits per heavy atom. The van der Waals surface area contributed by atoms with E-state index in [1.165, 1.54) is 6.07 Å². The van der Waals surface area contributed by atoms with Crippen molar-refractivity contribution >= 4 is 39.4 Å². The number of carboxylic acids is 1. The van der Waals surface area contributed by atoms with E-state index in [0.717, 1.165) is 47.9 Å². The summed E-state index contributed by atoms with van der Waals surface area (Å²) in [6.07, 6.45) is 1.84. The molecule has 1 N–H and O–H groups in total. The quantitative estimate of drug-likeness (QED) is 0.753. The number of nitrogens with zero attached hydrogens (tertiary/aromatic N) is 1. The van der Waals surface area contributed by atoms with Crippen LogP contribution in [0.15, 0.2) is 36.4 Å². The third-order valence-electron chi connectivity index (χ3n) is 4.56. The van der Waals surface area contributed by atoms with Crippen LogP contribution in [0.1, 0.15) is 29.2 Å². The molecule has 5 heteroatoms. The molecule has 0 amide bonds. The number of rotatable bonds is 2. The summed E-state index contributed by atoms with van der Waals surface area (Å²) in [5, 5.41) is 11.8. The Labute approximate surface area is 138 Å². The van der Waals surface area contributed by atoms with Gasteiger partial charge >= 0.3 is 5.97 Å². The highest BCUT2D eigenvalue weighted by molar-refractivity contribution is 6.38. The molecule has 0 unspecified atom stereocenters. The summed E-state index contributed by atoms with van der Waals surface area (Å²) in [5.74, 6) is -0.961. The normalized spacial score (nSPS) is 16.2. The first kappa shape index (κ1) is 14.5. The van der Waals surface area contributed by atoms with E-state index >= 15 is 0 Å². The van der Waals surface area contributed by atoms with Crippen LogP contribution in [-0.2, 0) is 4.74 Å². The number of aromatic carboxylic acids is 1. The summed E-state index contributed by atoms with van der Waals surface area (Å²) >= 11 is 6.44. The van der Waals surface area contributed by atoms with Gasteiger partial charge in [-0.1, -0.05) is 29.8 Å². The third-order valence-corrected chi connectivity index (χ3v) is 4.86. The number of halogens is 1. The van der Waals surface area contributed by atoms with Crippen molar-refractivity contribution in [2.24, 2.45) is 0 Å². The lowest BCUT2D eigenvalue weighted by Crippen LogP contribution is -2.19. The molecule has 4 rings (SSSR count). The molecule has 0 radical (unpaired) electrons. The fourth-order valence-corrected chi connectivity index (χ4v) is 3.85. The SMILES string of the molecule is O=C(O)c1cc(Cl)c2c3ccccc3n(C3CCOCC3)c2c1. The molecule has 1 aliphatic heterocycles. The van der Waals surface area contributed by atoms with Gasteiger partial charge in [0.25, 0.3) is 0 Å². The molecule has 1 aliphatic rings. The zero-order chi connectivity index (χ0) is 16.0. The van der Waals surface area contributed by atoms with Gasteiger partial charge in [-0.15, -0.1) is 0 Å². The van der Waals surface area contributed by atoms with E-state index in [1.54, 1.807) is 6.07 Å². The summed E-state index contributed by atoms with van der Waals surface area (Å²) in [7, 11) is 0. The van der Waals surface area contributed by atoms with Gasteiger partial charge in [0, 0.05) is 35.5 Å². The first-order valence-corrected chi connectivity index (χ1v) is 8.08. The zero-order valence-corrected chi connectivity index (χ0v) is 13.2. The molecule has 0 bridgehead atoms. The van der Waals surface area contributed by atoms with Crippen LogP contribution in [0.2, 0.25) is 5.02 Å². The highest BCUT2D eigenvalue weighted by Gasteiger charge is 2.23. The van der Waals surface area contributed by atoms with E-state index in [4.69, 9.17) is 16.3 Å². The second-order valence-corrected chi connectivity index (χ2v) is 6.30. The van der Waals surface area contributed by atoms with Gasteiger partial charge in [0.05, 0.1) is 16.1 Å². The molecule has 0 saturated carbocycles. The van der Waals surface area contributed by atoms with Crippen LogP contribution in [0.25, 0.3) is 21.8 Å². The minimum Gasteiger partial charge on any atom is -0.478 e. The van der Waals surface area contributed by atoms with E-state index in [1.807, 2.05) is 18.2 Å². The Bertz CT molecular complexity index is 909. The van der Waals surface area contributed by atoms with Crippen LogP contribution in [0.4, 0.5) is 0 Å². The standard InChI is InChI=1S/C18H16ClNO3/c19-14-9-11(18(21)22)10-16-17(14)13-3-1-2-4-15(13)20(16)12-5-7-23-8-6-12/h1-4,9-10,12H,5-8H2,(H,21,22). The maximum Gasteiger partial charge on any atom is 0.335 e. The summed E-state index contributed by atoms with van der Waals surface area (Å²) in [5.41, 5.74) is 2.21. The molecule has 2 heterocycles. The van der Waals surface area contributed by atoms with Gasteiger partial charge in [-0.2, -0.15) is 0 Å². The molecule has 4 nitrogen and oxygen atoms in total. The molecule has 3 aromatic rings. The predicted molar refractivity (Wildman–Crippen MR) is 90.5 cm³/mol. The topological polar surface area (TPSA) is 51.5 Å². The molecule has 1 saturated heterocycles. The van der Waals surface area contributed by atoms with Gasteiger partial charge in [0.1, 0.15) is 0 Å². The molecule has 1 aromatic heterocycles. The Balaban J connectivity index is 2.09. The van der Waals surface area contributed by atoms with Crippen LogP contribution in [0.5, 0.6) is 0 Å². The molecule has 0 aliphatic carbocycles. The van der Waals surface area contributed by atoms with E-state index in [-0.39, 0.29) is 5.56 Å². The number of benzene rings is 2. The number of fused-ring (bicyclic) bond motifs is 3. The van der Waals surface area contributed by atoms with Gasteiger partial charge in [0.2, 0.25) is 0 Å². The Kier molecular flexibility index (Phi) is 3.51. The van der Waals surface area contributed by atoms with Crippen LogP contribution in [0, 0.1) is 0 Å². The molecule has 1 fully saturated rings. The maximum absolute atomic E-state index is 11.4. The van der Waals surface area contributed by atoms with Crippen molar-refractivity contribution in [2.75, 3.05) is 13.2 Å². The molecule has 0 atom stereocenters. The number of para-hydroxylation sites is 1. The van der Waals surface area contributed by atoms with Crippen molar-refractivity contribution in [3.05, 3.63) is 47.0 Å². The number of ether oxygens (including phenoxy) is 1. The van der Waals surface area contributed by atoms with Gasteiger partial charge < -0.3 is 14.4 Å². The maximum atomic E-state index is 11.4. The van der Waals surface area contributed by atoms with Crippen molar-refractivity contribution in [3.63, 3.8) is 0 Å². The van der Waals surface area contributed by atoms with Crippen molar-refractivity contribution in [1.29, 1.82) is 0 Å². The number of aromatic nitrogens is 1. The van der Waals surface area contributed by atoms with Gasteiger partial charge in [0.15, 0.2) is 0 Å².